The summed E-state index contributed by atoms with van der Waals surface area (Å²) in [6.45, 7) is 2.62. The third-order valence-electron chi connectivity index (χ3n) is 5.02. The van der Waals surface area contributed by atoms with Gasteiger partial charge < -0.3 is 5.11 Å². The van der Waals surface area contributed by atoms with Gasteiger partial charge in [0.25, 0.3) is 0 Å². The molecule has 1 saturated heterocycles. The molecule has 2 nitrogen and oxygen atoms in total. The Hall–Kier alpha value is -0.860. The summed E-state index contributed by atoms with van der Waals surface area (Å²) in [5.41, 5.74) is 1.41. The molecular formula is C17H25NO. The van der Waals surface area contributed by atoms with Gasteiger partial charge in [-0.25, -0.2) is 0 Å². The Balaban J connectivity index is 1.75. The van der Waals surface area contributed by atoms with Gasteiger partial charge in [-0.15, -0.1) is 0 Å². The van der Waals surface area contributed by atoms with Gasteiger partial charge in [-0.2, -0.15) is 0 Å². The zero-order chi connectivity index (χ0) is 13.1. The van der Waals surface area contributed by atoms with E-state index in [0.717, 1.165) is 12.5 Å². The molecule has 0 unspecified atom stereocenters. The molecule has 0 amide bonds. The Morgan fingerprint density at radius 2 is 1.84 bits per heavy atom. The van der Waals surface area contributed by atoms with E-state index in [1.165, 1.54) is 44.2 Å². The van der Waals surface area contributed by atoms with Crippen molar-refractivity contribution in [1.29, 1.82) is 0 Å². The zero-order valence-corrected chi connectivity index (χ0v) is 11.7. The third-order valence-corrected chi connectivity index (χ3v) is 5.02. The van der Waals surface area contributed by atoms with Crippen molar-refractivity contribution in [2.24, 2.45) is 11.8 Å². The zero-order valence-electron chi connectivity index (χ0n) is 11.7. The minimum absolute atomic E-state index is 0.368. The highest BCUT2D eigenvalue weighted by Crippen LogP contribution is 2.39. The monoisotopic (exact) mass is 259 g/mol. The Labute approximate surface area is 116 Å². The van der Waals surface area contributed by atoms with Crippen LogP contribution < -0.4 is 0 Å². The molecular weight excluding hydrogens is 234 g/mol. The number of fused-ring (bicyclic) bond motifs is 1. The maximum absolute atomic E-state index is 9.69. The first kappa shape index (κ1) is 13.1. The van der Waals surface area contributed by atoms with Crippen LogP contribution in [0.4, 0.5) is 0 Å². The van der Waals surface area contributed by atoms with E-state index in [4.69, 9.17) is 0 Å². The van der Waals surface area contributed by atoms with E-state index in [1.54, 1.807) is 0 Å². The first-order valence-corrected chi connectivity index (χ1v) is 7.77. The van der Waals surface area contributed by atoms with Gasteiger partial charge in [-0.3, -0.25) is 4.90 Å². The van der Waals surface area contributed by atoms with E-state index in [9.17, 15) is 5.11 Å². The minimum Gasteiger partial charge on any atom is -0.396 e. The average molecular weight is 259 g/mol. The van der Waals surface area contributed by atoms with Gasteiger partial charge in [-0.1, -0.05) is 36.8 Å². The molecule has 1 aromatic rings. The summed E-state index contributed by atoms with van der Waals surface area (Å²) in [6.07, 6.45) is 6.58. The van der Waals surface area contributed by atoms with Crippen LogP contribution in [-0.4, -0.2) is 29.2 Å². The number of rotatable bonds is 3. The van der Waals surface area contributed by atoms with Crippen LogP contribution >= 0.6 is 0 Å². The minimum atomic E-state index is 0.368. The lowest BCUT2D eigenvalue weighted by Crippen LogP contribution is -2.51. The summed E-state index contributed by atoms with van der Waals surface area (Å²) in [5.74, 6) is 1.33. The Bertz CT molecular complexity index is 383. The molecule has 1 aliphatic carbocycles. The van der Waals surface area contributed by atoms with Crippen molar-refractivity contribution in [3.05, 3.63) is 35.9 Å². The normalized spacial score (nSPS) is 31.9. The lowest BCUT2D eigenvalue weighted by Gasteiger charge is -2.48. The number of benzene rings is 1. The Morgan fingerprint density at radius 3 is 2.63 bits per heavy atom. The Kier molecular flexibility index (Phi) is 4.19. The smallest absolute Gasteiger partial charge is 0.0474 e. The van der Waals surface area contributed by atoms with Gasteiger partial charge >= 0.3 is 0 Å². The first-order chi connectivity index (χ1) is 9.38. The van der Waals surface area contributed by atoms with E-state index < -0.39 is 0 Å². The standard InChI is InChI=1S/C17H25NO/c19-13-16-9-4-8-15-10-5-11-18(17(15)16)12-14-6-2-1-3-7-14/h1-3,6-7,15-17,19H,4-5,8-13H2/t15-,16-,17+/m1/s1. The van der Waals surface area contributed by atoms with Crippen molar-refractivity contribution in [1.82, 2.24) is 4.90 Å². The van der Waals surface area contributed by atoms with Gasteiger partial charge in [0.1, 0.15) is 0 Å². The number of hydrogen-bond acceptors (Lipinski definition) is 2. The van der Waals surface area contributed by atoms with Gasteiger partial charge in [0.15, 0.2) is 0 Å². The molecule has 2 heteroatoms. The summed E-state index contributed by atoms with van der Waals surface area (Å²) in [5, 5.41) is 9.69. The van der Waals surface area contributed by atoms with Crippen molar-refractivity contribution in [2.45, 2.75) is 44.7 Å². The summed E-state index contributed by atoms with van der Waals surface area (Å²) in [7, 11) is 0. The van der Waals surface area contributed by atoms with E-state index in [1.807, 2.05) is 0 Å². The number of hydrogen-bond donors (Lipinski definition) is 1. The largest absolute Gasteiger partial charge is 0.396 e. The van der Waals surface area contributed by atoms with Crippen molar-refractivity contribution in [3.63, 3.8) is 0 Å². The highest BCUT2D eigenvalue weighted by Gasteiger charge is 2.38. The number of piperidine rings is 1. The van der Waals surface area contributed by atoms with Gasteiger partial charge in [-0.05, 0) is 49.6 Å². The third kappa shape index (κ3) is 2.85. The molecule has 1 heterocycles. The maximum Gasteiger partial charge on any atom is 0.0474 e. The fourth-order valence-corrected chi connectivity index (χ4v) is 4.19. The lowest BCUT2D eigenvalue weighted by atomic mass is 9.72. The number of aliphatic hydroxyl groups is 1. The summed E-state index contributed by atoms with van der Waals surface area (Å²) >= 11 is 0. The van der Waals surface area contributed by atoms with Crippen LogP contribution in [0.25, 0.3) is 0 Å². The van der Waals surface area contributed by atoms with E-state index in [0.29, 0.717) is 18.6 Å². The predicted molar refractivity (Wildman–Crippen MR) is 77.8 cm³/mol. The van der Waals surface area contributed by atoms with Crippen LogP contribution in [0.3, 0.4) is 0 Å². The topological polar surface area (TPSA) is 23.5 Å². The fourth-order valence-electron chi connectivity index (χ4n) is 4.19. The molecule has 1 aliphatic heterocycles. The molecule has 104 valence electrons. The molecule has 1 aromatic carbocycles. The molecule has 1 saturated carbocycles. The van der Waals surface area contributed by atoms with E-state index >= 15 is 0 Å². The van der Waals surface area contributed by atoms with Crippen molar-refractivity contribution < 1.29 is 5.11 Å². The molecule has 0 spiro atoms. The van der Waals surface area contributed by atoms with Crippen molar-refractivity contribution in [3.8, 4) is 0 Å². The maximum atomic E-state index is 9.69. The van der Waals surface area contributed by atoms with Crippen LogP contribution in [0.5, 0.6) is 0 Å². The molecule has 2 fully saturated rings. The molecule has 3 atom stereocenters. The second-order valence-corrected chi connectivity index (χ2v) is 6.22. The molecule has 3 rings (SSSR count). The Morgan fingerprint density at radius 1 is 1.05 bits per heavy atom. The van der Waals surface area contributed by atoms with Crippen LogP contribution in [0.2, 0.25) is 0 Å². The van der Waals surface area contributed by atoms with Gasteiger partial charge in [0.05, 0.1) is 0 Å². The molecule has 0 radical (unpaired) electrons. The van der Waals surface area contributed by atoms with Crippen LogP contribution in [0.15, 0.2) is 30.3 Å². The molecule has 1 N–H and O–H groups in total. The highest BCUT2D eigenvalue weighted by molar-refractivity contribution is 5.15. The predicted octanol–water partition coefficient (Wildman–Crippen LogP) is 3.06. The van der Waals surface area contributed by atoms with Gasteiger partial charge in [0.2, 0.25) is 0 Å². The summed E-state index contributed by atoms with van der Waals surface area (Å²) in [6, 6.07) is 11.4. The van der Waals surface area contributed by atoms with E-state index in [2.05, 4.69) is 35.2 Å². The number of likely N-dealkylation sites (tertiary alicyclic amines) is 1. The quantitative estimate of drug-likeness (QED) is 0.902. The number of aliphatic hydroxyl groups excluding tert-OH is 1. The second-order valence-electron chi connectivity index (χ2n) is 6.22. The first-order valence-electron chi connectivity index (χ1n) is 7.77. The molecule has 19 heavy (non-hydrogen) atoms. The highest BCUT2D eigenvalue weighted by atomic mass is 16.3. The fraction of sp³-hybridized carbons (Fsp3) is 0.647. The van der Waals surface area contributed by atoms with E-state index in [-0.39, 0.29) is 0 Å². The van der Waals surface area contributed by atoms with Crippen LogP contribution in [-0.2, 0) is 6.54 Å². The molecule has 2 aliphatic rings. The van der Waals surface area contributed by atoms with Crippen molar-refractivity contribution in [2.75, 3.05) is 13.2 Å². The summed E-state index contributed by atoms with van der Waals surface area (Å²) in [4.78, 5) is 2.64. The van der Waals surface area contributed by atoms with Crippen LogP contribution in [0, 0.1) is 11.8 Å². The number of nitrogens with zero attached hydrogens (tertiary/aromatic N) is 1. The van der Waals surface area contributed by atoms with Crippen molar-refractivity contribution >= 4 is 0 Å². The van der Waals surface area contributed by atoms with Crippen LogP contribution in [0.1, 0.15) is 37.7 Å². The summed E-state index contributed by atoms with van der Waals surface area (Å²) < 4.78 is 0. The van der Waals surface area contributed by atoms with Gasteiger partial charge in [0, 0.05) is 19.2 Å². The second kappa shape index (κ2) is 6.06. The lowest BCUT2D eigenvalue weighted by molar-refractivity contribution is -0.00730. The SMILES string of the molecule is OC[C@H]1CCC[C@@H]2CCCN(Cc3ccccc3)[C@@H]21. The molecule has 0 aromatic heterocycles. The average Bonchev–Trinajstić information content (AvgIpc) is 2.48. The molecule has 0 bridgehead atoms.